The van der Waals surface area contributed by atoms with Crippen molar-refractivity contribution in [1.29, 1.82) is 0 Å². The molecule has 0 atom stereocenters. The fraction of sp³-hybridized carbons (Fsp3) is 0.323. The van der Waals surface area contributed by atoms with Crippen molar-refractivity contribution >= 4 is 57.2 Å². The van der Waals surface area contributed by atoms with Crippen LogP contribution >= 0.6 is 0 Å². The zero-order valence-electron chi connectivity index (χ0n) is 41.1. The molecule has 0 unspecified atom stereocenters. The first-order valence-electron chi connectivity index (χ1n) is 24.1. The Morgan fingerprint density at radius 2 is 0.923 bits per heavy atom. The second kappa shape index (κ2) is 13.9. The van der Waals surface area contributed by atoms with Crippen LogP contribution in [0.4, 0.5) is 34.1 Å². The predicted octanol–water partition coefficient (Wildman–Crippen LogP) is 14.9. The van der Waals surface area contributed by atoms with Crippen LogP contribution < -0.4 is 26.2 Å². The second-order valence-electron chi connectivity index (χ2n) is 23.8. The minimum atomic E-state index is -0.00986. The predicted molar refractivity (Wildman–Crippen MR) is 281 cm³/mol. The van der Waals surface area contributed by atoms with Crippen LogP contribution in [0.25, 0.3) is 22.3 Å². The summed E-state index contributed by atoms with van der Waals surface area (Å²) < 4.78 is 0. The Hall–Kier alpha value is -5.80. The SMILES string of the molecule is Cc1cc2c3c(c1)N(c1ccc(C(C)(C)C)cc1-c1ccccc1)c1cc4c(cc1B3c1cc(-c3ccccc3)ccc1N2c1cc2c(cc1C)C(C)(C)CC2(C)C)C(C)(C)CC4(C)C. The highest BCUT2D eigenvalue weighted by Crippen LogP contribution is 2.55. The van der Waals surface area contributed by atoms with Gasteiger partial charge in [0.1, 0.15) is 0 Å². The lowest BCUT2D eigenvalue weighted by atomic mass is 9.33. The molecular weight excluding hydrogens is 784 g/mol. The quantitative estimate of drug-likeness (QED) is 0.163. The van der Waals surface area contributed by atoms with E-state index >= 15 is 0 Å². The van der Waals surface area contributed by atoms with Gasteiger partial charge in [0.15, 0.2) is 0 Å². The van der Waals surface area contributed by atoms with Gasteiger partial charge in [0.05, 0.1) is 5.69 Å². The summed E-state index contributed by atoms with van der Waals surface area (Å²) in [5.74, 6) is 0. The normalized spacial score (nSPS) is 17.9. The molecule has 0 radical (unpaired) electrons. The van der Waals surface area contributed by atoms with Gasteiger partial charge in [-0.3, -0.25) is 0 Å². The zero-order chi connectivity index (χ0) is 45.7. The molecule has 2 aliphatic carbocycles. The highest BCUT2D eigenvalue weighted by atomic mass is 15.2. The number of benzene rings is 7. The monoisotopic (exact) mass is 849 g/mol. The molecule has 2 heterocycles. The van der Waals surface area contributed by atoms with Crippen molar-refractivity contribution in [3.8, 4) is 22.3 Å². The molecule has 0 amide bonds. The van der Waals surface area contributed by atoms with Crippen LogP contribution in [0.1, 0.15) is 128 Å². The lowest BCUT2D eigenvalue weighted by Crippen LogP contribution is -2.61. The van der Waals surface area contributed by atoms with E-state index in [4.69, 9.17) is 0 Å². The van der Waals surface area contributed by atoms with Crippen molar-refractivity contribution in [3.05, 3.63) is 172 Å². The highest BCUT2D eigenvalue weighted by Gasteiger charge is 2.49. The first-order chi connectivity index (χ1) is 30.6. The van der Waals surface area contributed by atoms with Crippen molar-refractivity contribution in [2.45, 2.75) is 130 Å². The molecule has 0 saturated carbocycles. The molecule has 2 nitrogen and oxygen atoms in total. The van der Waals surface area contributed by atoms with Crippen LogP contribution in [0.2, 0.25) is 0 Å². The molecule has 326 valence electrons. The van der Waals surface area contributed by atoms with Crippen molar-refractivity contribution in [3.63, 3.8) is 0 Å². The molecule has 65 heavy (non-hydrogen) atoms. The van der Waals surface area contributed by atoms with E-state index < -0.39 is 0 Å². The van der Waals surface area contributed by atoms with E-state index in [9.17, 15) is 0 Å². The Kier molecular flexibility index (Phi) is 8.93. The number of anilines is 6. The maximum absolute atomic E-state index is 2.68. The van der Waals surface area contributed by atoms with Crippen molar-refractivity contribution < 1.29 is 0 Å². The smallest absolute Gasteiger partial charge is 0.252 e. The summed E-state index contributed by atoms with van der Waals surface area (Å²) in [5.41, 5.74) is 26.9. The van der Waals surface area contributed by atoms with Gasteiger partial charge in [0.2, 0.25) is 0 Å². The fourth-order valence-electron chi connectivity index (χ4n) is 13.3. The molecule has 3 heteroatoms. The van der Waals surface area contributed by atoms with Crippen LogP contribution in [0.3, 0.4) is 0 Å². The van der Waals surface area contributed by atoms with Crippen LogP contribution in [0.15, 0.2) is 133 Å². The first kappa shape index (κ1) is 41.9. The minimum Gasteiger partial charge on any atom is -0.311 e. The van der Waals surface area contributed by atoms with Crippen molar-refractivity contribution in [2.75, 3.05) is 9.80 Å². The van der Waals surface area contributed by atoms with Gasteiger partial charge in [0.25, 0.3) is 6.71 Å². The van der Waals surface area contributed by atoms with E-state index in [1.54, 1.807) is 0 Å². The topological polar surface area (TPSA) is 6.48 Å². The zero-order valence-corrected chi connectivity index (χ0v) is 41.1. The van der Waals surface area contributed by atoms with Gasteiger partial charge in [-0.1, -0.05) is 167 Å². The van der Waals surface area contributed by atoms with E-state index in [1.807, 2.05) is 0 Å². The summed E-state index contributed by atoms with van der Waals surface area (Å²) in [6, 6.07) is 52.1. The molecule has 0 bridgehead atoms. The molecule has 4 aliphatic rings. The Morgan fingerprint density at radius 3 is 1.51 bits per heavy atom. The van der Waals surface area contributed by atoms with Gasteiger partial charge in [-0.25, -0.2) is 0 Å². The third-order valence-corrected chi connectivity index (χ3v) is 15.9. The van der Waals surface area contributed by atoms with E-state index in [-0.39, 0.29) is 33.8 Å². The summed E-state index contributed by atoms with van der Waals surface area (Å²) in [6.07, 6.45) is 2.25. The van der Waals surface area contributed by atoms with Gasteiger partial charge in [-0.05, 0) is 168 Å². The molecule has 2 aliphatic heterocycles. The van der Waals surface area contributed by atoms with Crippen LogP contribution in [0, 0.1) is 13.8 Å². The molecule has 11 rings (SSSR count). The average Bonchev–Trinajstić information content (AvgIpc) is 3.55. The van der Waals surface area contributed by atoms with E-state index in [0.717, 1.165) is 12.8 Å². The third-order valence-electron chi connectivity index (χ3n) is 15.9. The number of hydrogen-bond acceptors (Lipinski definition) is 2. The van der Waals surface area contributed by atoms with Gasteiger partial charge in [0, 0.05) is 34.0 Å². The van der Waals surface area contributed by atoms with Crippen molar-refractivity contribution in [2.24, 2.45) is 0 Å². The lowest BCUT2D eigenvalue weighted by molar-refractivity contribution is 0.402. The van der Waals surface area contributed by atoms with E-state index in [1.165, 1.54) is 112 Å². The number of fused-ring (bicyclic) bond motifs is 6. The summed E-state index contributed by atoms with van der Waals surface area (Å²) in [7, 11) is 0. The number of aryl methyl sites for hydroxylation is 2. The van der Waals surface area contributed by atoms with Crippen LogP contribution in [0.5, 0.6) is 0 Å². The fourth-order valence-corrected chi connectivity index (χ4v) is 13.3. The minimum absolute atomic E-state index is 0.00986. The maximum atomic E-state index is 2.68. The Balaban J connectivity index is 1.27. The van der Waals surface area contributed by atoms with Gasteiger partial charge in [-0.2, -0.15) is 0 Å². The lowest BCUT2D eigenvalue weighted by Gasteiger charge is -2.46. The Morgan fingerprint density at radius 1 is 0.431 bits per heavy atom. The second-order valence-corrected chi connectivity index (χ2v) is 23.8. The molecule has 7 aromatic rings. The van der Waals surface area contributed by atoms with Crippen molar-refractivity contribution in [1.82, 2.24) is 0 Å². The molecule has 0 fully saturated rings. The molecule has 0 aromatic heterocycles. The molecular formula is C62H65BN2. The Bertz CT molecular complexity index is 3110. The number of rotatable bonds is 4. The molecule has 7 aromatic carbocycles. The highest BCUT2D eigenvalue weighted by molar-refractivity contribution is 7.00. The summed E-state index contributed by atoms with van der Waals surface area (Å²) in [5, 5.41) is 0. The standard InChI is InChI=1S/C62H65BN2/c1-38-28-55-57-56(29-38)65(53-34-47-45(30-39(53)2)59(6,7)36-61(47,10)11)52-26-24-42(40-20-16-14-17-21-40)31-49(52)63(57)50-33-46-48(62(12,13)37-60(46,8)9)35-54(50)64(55)51-27-25-43(58(3,4)5)32-44(51)41-22-18-15-19-23-41/h14-35H,36-37H2,1-13H3. The number of nitrogens with zero attached hydrogens (tertiary/aromatic N) is 2. The van der Waals surface area contributed by atoms with Crippen LogP contribution in [-0.2, 0) is 27.1 Å². The molecule has 0 saturated heterocycles. The number of hydrogen-bond donors (Lipinski definition) is 0. The first-order valence-corrected chi connectivity index (χ1v) is 24.1. The largest absolute Gasteiger partial charge is 0.311 e. The van der Waals surface area contributed by atoms with Gasteiger partial charge in [-0.15, -0.1) is 0 Å². The van der Waals surface area contributed by atoms with Gasteiger partial charge < -0.3 is 9.80 Å². The van der Waals surface area contributed by atoms with Crippen LogP contribution in [-0.4, -0.2) is 6.71 Å². The average molecular weight is 849 g/mol. The maximum Gasteiger partial charge on any atom is 0.252 e. The van der Waals surface area contributed by atoms with E-state index in [0.29, 0.717) is 0 Å². The summed E-state index contributed by atoms with van der Waals surface area (Å²) in [4.78, 5) is 5.34. The molecule has 0 spiro atoms. The summed E-state index contributed by atoms with van der Waals surface area (Å²) >= 11 is 0. The third kappa shape index (κ3) is 6.35. The summed E-state index contributed by atoms with van der Waals surface area (Å²) in [6.45, 7) is 31.3. The Labute approximate surface area is 389 Å². The van der Waals surface area contributed by atoms with Gasteiger partial charge >= 0.3 is 0 Å². The molecule has 0 N–H and O–H groups in total. The van der Waals surface area contributed by atoms with E-state index in [2.05, 4.69) is 233 Å².